The number of halogens is 2. The van der Waals surface area contributed by atoms with Gasteiger partial charge in [0, 0.05) is 5.69 Å². The molecule has 3 rings (SSSR count). The van der Waals surface area contributed by atoms with Crippen LogP contribution in [0, 0.1) is 0 Å². The maximum Gasteiger partial charge on any atom is 0.238 e. The second-order valence-corrected chi connectivity index (χ2v) is 7.27. The van der Waals surface area contributed by atoms with E-state index in [0.717, 1.165) is 18.5 Å². The number of anilines is 1. The van der Waals surface area contributed by atoms with Crippen molar-refractivity contribution in [2.24, 2.45) is 0 Å². The van der Waals surface area contributed by atoms with Gasteiger partial charge in [0.1, 0.15) is 0 Å². The number of rotatable bonds is 1. The molecule has 102 valence electrons. The maximum atomic E-state index is 12.3. The van der Waals surface area contributed by atoms with Gasteiger partial charge in [-0.05, 0) is 31.0 Å². The molecule has 0 N–H and O–H groups in total. The number of thioether (sulfide) groups is 1. The SMILES string of the molecule is O=C1CSC2(CCCCC2)N1c1ccc(Cl)c(Cl)c1. The Kier molecular flexibility index (Phi) is 3.71. The summed E-state index contributed by atoms with van der Waals surface area (Å²) in [5.74, 6) is 0.755. The van der Waals surface area contributed by atoms with Gasteiger partial charge in [0.05, 0.1) is 20.7 Å². The summed E-state index contributed by atoms with van der Waals surface area (Å²) in [5, 5.41) is 1.04. The van der Waals surface area contributed by atoms with Crippen LogP contribution in [0.15, 0.2) is 18.2 Å². The molecule has 0 aromatic heterocycles. The average Bonchev–Trinajstić information content (AvgIpc) is 2.71. The minimum Gasteiger partial charge on any atom is -0.296 e. The Morgan fingerprint density at radius 2 is 1.84 bits per heavy atom. The molecule has 1 aromatic rings. The van der Waals surface area contributed by atoms with Gasteiger partial charge in [-0.3, -0.25) is 9.69 Å². The molecule has 1 aliphatic heterocycles. The van der Waals surface area contributed by atoms with E-state index in [4.69, 9.17) is 23.2 Å². The minimum atomic E-state index is -0.0491. The molecule has 1 saturated carbocycles. The minimum absolute atomic E-state index is 0.0491. The summed E-state index contributed by atoms with van der Waals surface area (Å²) in [7, 11) is 0. The monoisotopic (exact) mass is 315 g/mol. The lowest BCUT2D eigenvalue weighted by molar-refractivity contribution is -0.116. The second kappa shape index (κ2) is 5.19. The van der Waals surface area contributed by atoms with Crippen LogP contribution in [0.4, 0.5) is 5.69 Å². The predicted octanol–water partition coefficient (Wildman–Crippen LogP) is 4.73. The Hall–Kier alpha value is -0.380. The van der Waals surface area contributed by atoms with Crippen LogP contribution in [0.25, 0.3) is 0 Å². The number of hydrogen-bond acceptors (Lipinski definition) is 2. The van der Waals surface area contributed by atoms with Crippen molar-refractivity contribution in [3.63, 3.8) is 0 Å². The first-order valence-corrected chi connectivity index (χ1v) is 8.29. The molecule has 1 saturated heterocycles. The molecule has 1 aliphatic carbocycles. The maximum absolute atomic E-state index is 12.3. The van der Waals surface area contributed by atoms with E-state index in [1.807, 2.05) is 17.0 Å². The molecular formula is C14H15Cl2NOS. The van der Waals surface area contributed by atoms with E-state index >= 15 is 0 Å². The molecule has 5 heteroatoms. The van der Waals surface area contributed by atoms with Crippen molar-refractivity contribution in [1.29, 1.82) is 0 Å². The average molecular weight is 316 g/mol. The van der Waals surface area contributed by atoms with Crippen molar-refractivity contribution in [2.45, 2.75) is 37.0 Å². The van der Waals surface area contributed by atoms with Crippen LogP contribution in [-0.4, -0.2) is 16.5 Å². The fourth-order valence-electron chi connectivity index (χ4n) is 3.03. The van der Waals surface area contributed by atoms with E-state index in [-0.39, 0.29) is 10.8 Å². The summed E-state index contributed by atoms with van der Waals surface area (Å²) in [5.41, 5.74) is 0.881. The molecule has 0 bridgehead atoms. The first-order chi connectivity index (χ1) is 9.12. The third-order valence-corrected chi connectivity index (χ3v) is 6.18. The smallest absolute Gasteiger partial charge is 0.238 e. The molecule has 1 spiro atoms. The van der Waals surface area contributed by atoms with Crippen molar-refractivity contribution in [3.05, 3.63) is 28.2 Å². The van der Waals surface area contributed by atoms with Crippen molar-refractivity contribution in [2.75, 3.05) is 10.7 Å². The van der Waals surface area contributed by atoms with Gasteiger partial charge in [0.25, 0.3) is 0 Å². The Bertz CT molecular complexity index is 514. The van der Waals surface area contributed by atoms with Gasteiger partial charge in [0.2, 0.25) is 5.91 Å². The zero-order valence-electron chi connectivity index (χ0n) is 10.5. The summed E-state index contributed by atoms with van der Waals surface area (Å²) < 4.78 is 0. The molecule has 19 heavy (non-hydrogen) atoms. The number of hydrogen-bond donors (Lipinski definition) is 0. The summed E-state index contributed by atoms with van der Waals surface area (Å²) in [4.78, 5) is 14.2. The summed E-state index contributed by atoms with van der Waals surface area (Å²) in [6, 6.07) is 5.48. The quantitative estimate of drug-likeness (QED) is 0.746. The van der Waals surface area contributed by atoms with Gasteiger partial charge in [-0.1, -0.05) is 42.5 Å². The molecule has 0 unspecified atom stereocenters. The summed E-state index contributed by atoms with van der Waals surface area (Å²) in [6.07, 6.45) is 5.80. The number of benzene rings is 1. The standard InChI is InChI=1S/C14H15Cl2NOS/c15-11-5-4-10(8-12(11)16)17-13(18)9-19-14(17)6-2-1-3-7-14/h4-5,8H,1-3,6-7,9H2. The highest BCUT2D eigenvalue weighted by atomic mass is 35.5. The third-order valence-electron chi connectivity index (χ3n) is 3.92. The van der Waals surface area contributed by atoms with Crippen molar-refractivity contribution in [1.82, 2.24) is 0 Å². The zero-order valence-corrected chi connectivity index (χ0v) is 12.8. The predicted molar refractivity (Wildman–Crippen MR) is 82.2 cm³/mol. The molecule has 0 radical (unpaired) electrons. The molecule has 2 nitrogen and oxygen atoms in total. The van der Waals surface area contributed by atoms with Gasteiger partial charge in [-0.25, -0.2) is 0 Å². The topological polar surface area (TPSA) is 20.3 Å². The number of carbonyl (C=O) groups excluding carboxylic acids is 1. The largest absolute Gasteiger partial charge is 0.296 e. The first kappa shape index (κ1) is 13.6. The molecule has 2 aliphatic rings. The highest BCUT2D eigenvalue weighted by molar-refractivity contribution is 8.02. The summed E-state index contributed by atoms with van der Waals surface area (Å²) >= 11 is 13.8. The zero-order chi connectivity index (χ0) is 13.5. The van der Waals surface area contributed by atoms with E-state index in [0.29, 0.717) is 15.8 Å². The van der Waals surface area contributed by atoms with Gasteiger partial charge in [0.15, 0.2) is 0 Å². The fraction of sp³-hybridized carbons (Fsp3) is 0.500. The molecule has 0 atom stereocenters. The highest BCUT2D eigenvalue weighted by Gasteiger charge is 2.47. The fourth-order valence-corrected chi connectivity index (χ4v) is 4.76. The summed E-state index contributed by atoms with van der Waals surface area (Å²) in [6.45, 7) is 0. The van der Waals surface area contributed by atoms with Crippen LogP contribution in [0.3, 0.4) is 0 Å². The van der Waals surface area contributed by atoms with Gasteiger partial charge in [-0.15, -0.1) is 11.8 Å². The Labute approximate surface area is 127 Å². The van der Waals surface area contributed by atoms with E-state index in [9.17, 15) is 4.79 Å². The first-order valence-electron chi connectivity index (χ1n) is 6.54. The van der Waals surface area contributed by atoms with Gasteiger partial charge >= 0.3 is 0 Å². The van der Waals surface area contributed by atoms with E-state index in [2.05, 4.69) is 0 Å². The van der Waals surface area contributed by atoms with Crippen LogP contribution < -0.4 is 4.90 Å². The lowest BCUT2D eigenvalue weighted by Gasteiger charge is -2.40. The van der Waals surface area contributed by atoms with E-state index in [1.165, 1.54) is 19.3 Å². The highest BCUT2D eigenvalue weighted by Crippen LogP contribution is 2.49. The molecule has 2 fully saturated rings. The van der Waals surface area contributed by atoms with Crippen LogP contribution in [0.2, 0.25) is 10.0 Å². The normalized spacial score (nSPS) is 22.2. The number of amides is 1. The Morgan fingerprint density at radius 1 is 1.11 bits per heavy atom. The van der Waals surface area contributed by atoms with Crippen LogP contribution in [0.1, 0.15) is 32.1 Å². The number of carbonyl (C=O) groups is 1. The van der Waals surface area contributed by atoms with Crippen molar-refractivity contribution in [3.8, 4) is 0 Å². The Balaban J connectivity index is 1.99. The van der Waals surface area contributed by atoms with Crippen LogP contribution in [0.5, 0.6) is 0 Å². The van der Waals surface area contributed by atoms with Crippen LogP contribution in [-0.2, 0) is 4.79 Å². The molecule has 1 aromatic carbocycles. The Morgan fingerprint density at radius 3 is 2.53 bits per heavy atom. The van der Waals surface area contributed by atoms with Crippen molar-refractivity contribution >= 4 is 46.6 Å². The second-order valence-electron chi connectivity index (χ2n) is 5.12. The molecular weight excluding hydrogens is 301 g/mol. The van der Waals surface area contributed by atoms with Crippen molar-refractivity contribution < 1.29 is 4.79 Å². The lowest BCUT2D eigenvalue weighted by Crippen LogP contribution is -2.45. The van der Waals surface area contributed by atoms with Crippen LogP contribution >= 0.6 is 35.0 Å². The van der Waals surface area contributed by atoms with Gasteiger partial charge in [-0.2, -0.15) is 0 Å². The third kappa shape index (κ3) is 2.37. The lowest BCUT2D eigenvalue weighted by atomic mass is 9.93. The van der Waals surface area contributed by atoms with E-state index < -0.39 is 0 Å². The number of nitrogens with zero attached hydrogens (tertiary/aromatic N) is 1. The molecule has 1 amide bonds. The van der Waals surface area contributed by atoms with Gasteiger partial charge < -0.3 is 0 Å². The molecule has 1 heterocycles. The van der Waals surface area contributed by atoms with E-state index in [1.54, 1.807) is 17.8 Å².